The lowest BCUT2D eigenvalue weighted by Gasteiger charge is -2.13. The van der Waals surface area contributed by atoms with E-state index >= 15 is 0 Å². The highest BCUT2D eigenvalue weighted by molar-refractivity contribution is 6.31. The molecule has 0 saturated carbocycles. The predicted octanol–water partition coefficient (Wildman–Crippen LogP) is 12.3. The van der Waals surface area contributed by atoms with E-state index in [1.807, 2.05) is 54.6 Å². The van der Waals surface area contributed by atoms with E-state index < -0.39 is 17.6 Å². The van der Waals surface area contributed by atoms with Crippen LogP contribution in [0.15, 0.2) is 122 Å². The summed E-state index contributed by atoms with van der Waals surface area (Å²) in [7, 11) is 3.48. The summed E-state index contributed by atoms with van der Waals surface area (Å²) in [5.41, 5.74) is 5.94. The maximum atomic E-state index is 13.6. The van der Waals surface area contributed by atoms with Crippen molar-refractivity contribution in [2.24, 2.45) is 0 Å². The monoisotopic (exact) mass is 951 g/mol. The zero-order valence-electron chi connectivity index (χ0n) is 36.4. The predicted molar refractivity (Wildman–Crippen MR) is 261 cm³/mol. The molecule has 8 aromatic rings. The Kier molecular flexibility index (Phi) is 18.1. The molecule has 0 aliphatic heterocycles. The van der Waals surface area contributed by atoms with Gasteiger partial charge in [0.25, 0.3) is 0 Å². The van der Waals surface area contributed by atoms with Crippen molar-refractivity contribution in [3.8, 4) is 22.8 Å². The van der Waals surface area contributed by atoms with E-state index in [0.717, 1.165) is 33.2 Å². The van der Waals surface area contributed by atoms with Gasteiger partial charge >= 0.3 is 5.97 Å². The number of hydrogen-bond acceptors (Lipinski definition) is 10. The zero-order chi connectivity index (χ0) is 46.5. The van der Waals surface area contributed by atoms with Gasteiger partial charge in [0, 0.05) is 85.0 Å². The van der Waals surface area contributed by atoms with Gasteiger partial charge in [0.15, 0.2) is 11.6 Å². The molecule has 0 radical (unpaired) electrons. The highest BCUT2D eigenvalue weighted by atomic mass is 35.5. The van der Waals surface area contributed by atoms with Crippen LogP contribution in [0.4, 0.5) is 31.8 Å². The largest absolute Gasteiger partial charge is 0.481 e. The van der Waals surface area contributed by atoms with Crippen LogP contribution in [0, 0.1) is 11.6 Å². The van der Waals surface area contributed by atoms with Gasteiger partial charge in [0.05, 0.1) is 21.1 Å². The maximum Gasteiger partial charge on any atom is 0.303 e. The molecule has 12 nitrogen and oxygen atoms in total. The van der Waals surface area contributed by atoms with Gasteiger partial charge in [0.2, 0.25) is 5.91 Å². The second-order valence-corrected chi connectivity index (χ2v) is 15.7. The van der Waals surface area contributed by atoms with Gasteiger partial charge in [-0.1, -0.05) is 55.6 Å². The van der Waals surface area contributed by atoms with Gasteiger partial charge in [-0.2, -0.15) is 0 Å². The molecular formula is C49H46Cl3F2N9O3. The molecule has 3 N–H and O–H groups in total. The number of rotatable bonds is 12. The number of nitrogens with one attached hydrogen (secondary N) is 2. The number of amides is 1. The molecule has 4 aromatic heterocycles. The molecule has 0 bridgehead atoms. The Morgan fingerprint density at radius 1 is 0.636 bits per heavy atom. The lowest BCUT2D eigenvalue weighted by Crippen LogP contribution is -2.21. The van der Waals surface area contributed by atoms with Crippen LogP contribution >= 0.6 is 35.6 Å². The Morgan fingerprint density at radius 3 is 1.45 bits per heavy atom. The van der Waals surface area contributed by atoms with Crippen molar-refractivity contribution >= 4 is 92.3 Å². The van der Waals surface area contributed by atoms with Crippen molar-refractivity contribution < 1.29 is 23.5 Å². The second kappa shape index (κ2) is 23.9. The molecule has 4 heterocycles. The van der Waals surface area contributed by atoms with Crippen LogP contribution in [0.5, 0.6) is 0 Å². The third-order valence-electron chi connectivity index (χ3n) is 9.48. The number of nitrogens with zero attached hydrogens (tertiary/aromatic N) is 7. The van der Waals surface area contributed by atoms with Crippen molar-refractivity contribution in [3.05, 3.63) is 155 Å². The van der Waals surface area contributed by atoms with E-state index in [1.54, 1.807) is 62.0 Å². The van der Waals surface area contributed by atoms with Crippen LogP contribution in [-0.2, 0) is 22.4 Å². The number of carboxylic acids is 1. The van der Waals surface area contributed by atoms with E-state index in [2.05, 4.69) is 44.4 Å². The van der Waals surface area contributed by atoms with Crippen LogP contribution in [0.2, 0.25) is 10.0 Å². The first-order chi connectivity index (χ1) is 31.3. The van der Waals surface area contributed by atoms with Crippen LogP contribution in [-0.4, -0.2) is 65.9 Å². The SMILES string of the molecule is CCC.CN(C)C(=O)CCc1ccc2nc(-c3cccnc3)nc(Nc3ccc(F)c(Cl)c3)c2c1.Cl.O=C(O)CCc1ccc2nc(-c3cccnc3)nc(Nc3ccc(F)c(Cl)c3)c2c1. The van der Waals surface area contributed by atoms with E-state index in [9.17, 15) is 18.4 Å². The fourth-order valence-corrected chi connectivity index (χ4v) is 6.61. The maximum absolute atomic E-state index is 13.6. The highest BCUT2D eigenvalue weighted by Gasteiger charge is 2.15. The van der Waals surface area contributed by atoms with Crippen molar-refractivity contribution in [3.63, 3.8) is 0 Å². The topological polar surface area (TPSA) is 159 Å². The van der Waals surface area contributed by atoms with Gasteiger partial charge in [-0.25, -0.2) is 28.7 Å². The summed E-state index contributed by atoms with van der Waals surface area (Å²) < 4.78 is 27.2. The molecule has 0 unspecified atom stereocenters. The van der Waals surface area contributed by atoms with E-state index in [1.165, 1.54) is 30.7 Å². The fraction of sp³-hybridized carbons (Fsp3) is 0.184. The first-order valence-electron chi connectivity index (χ1n) is 20.6. The van der Waals surface area contributed by atoms with Crippen molar-refractivity contribution in [1.82, 2.24) is 34.8 Å². The van der Waals surface area contributed by atoms with Crippen LogP contribution < -0.4 is 10.6 Å². The number of anilines is 4. The van der Waals surface area contributed by atoms with E-state index in [0.29, 0.717) is 64.8 Å². The van der Waals surface area contributed by atoms with Gasteiger partial charge < -0.3 is 20.6 Å². The van der Waals surface area contributed by atoms with E-state index in [4.69, 9.17) is 38.3 Å². The summed E-state index contributed by atoms with van der Waals surface area (Å²) in [6.07, 6.45) is 9.38. The van der Waals surface area contributed by atoms with Crippen LogP contribution in [0.25, 0.3) is 44.6 Å². The number of hydrogen-bond donors (Lipinski definition) is 3. The van der Waals surface area contributed by atoms with Crippen LogP contribution in [0.3, 0.4) is 0 Å². The number of carbonyl (C=O) groups excluding carboxylic acids is 1. The number of halogens is 5. The van der Waals surface area contributed by atoms with E-state index in [-0.39, 0.29) is 34.8 Å². The molecule has 0 spiro atoms. The zero-order valence-corrected chi connectivity index (χ0v) is 38.7. The third kappa shape index (κ3) is 13.6. The van der Waals surface area contributed by atoms with Crippen LogP contribution in [0.1, 0.15) is 44.2 Å². The number of aryl methyl sites for hydroxylation is 2. The number of aliphatic carboxylic acids is 1. The third-order valence-corrected chi connectivity index (χ3v) is 10.1. The standard InChI is InChI=1S/C24H21ClFN5O.C22H16ClFN4O2.C3H8.ClH/c1-31(2)22(32)10-6-15-5-9-21-18(12-15)24(28-17-7-8-20(26)19(25)13-17)30-23(29-21)16-4-3-11-27-14-16;23-17-11-15(5-6-18(17)24)26-22-16-10-13(4-8-20(29)30)3-7-19(16)27-21(28-22)14-2-1-9-25-12-14;1-3-2;/h3-5,7-9,11-14H,6,10H2,1-2H3,(H,28,29,30);1-3,5-7,9-12H,4,8H2,(H,29,30)(H,26,27,28);3H2,1-2H3;1H. The molecule has 0 aliphatic carbocycles. The minimum absolute atomic E-state index is 0. The normalized spacial score (nSPS) is 10.5. The molecule has 4 aromatic carbocycles. The van der Waals surface area contributed by atoms with Gasteiger partial charge in [-0.3, -0.25) is 19.6 Å². The molecule has 1 amide bonds. The molecule has 8 rings (SSSR count). The van der Waals surface area contributed by atoms with Crippen molar-refractivity contribution in [2.45, 2.75) is 46.0 Å². The summed E-state index contributed by atoms with van der Waals surface area (Å²) in [5, 5.41) is 16.9. The molecule has 0 saturated heterocycles. The number of aromatic nitrogens is 6. The van der Waals surface area contributed by atoms with Gasteiger partial charge in [-0.15, -0.1) is 12.4 Å². The summed E-state index contributed by atoms with van der Waals surface area (Å²) in [5.74, 6) is 0.234. The summed E-state index contributed by atoms with van der Waals surface area (Å²) in [6, 6.07) is 27.5. The Bertz CT molecular complexity index is 2930. The Balaban J connectivity index is 0.000000231. The Morgan fingerprint density at radius 2 is 1.08 bits per heavy atom. The minimum Gasteiger partial charge on any atom is -0.481 e. The summed E-state index contributed by atoms with van der Waals surface area (Å²) >= 11 is 11.9. The number of pyridine rings is 2. The van der Waals surface area contributed by atoms with Gasteiger partial charge in [-0.05, 0) is 109 Å². The fourth-order valence-electron chi connectivity index (χ4n) is 6.25. The van der Waals surface area contributed by atoms with Crippen molar-refractivity contribution in [2.75, 3.05) is 24.7 Å². The lowest BCUT2D eigenvalue weighted by molar-refractivity contribution is -0.137. The molecule has 340 valence electrons. The molecule has 66 heavy (non-hydrogen) atoms. The Hall–Kier alpha value is -6.87. The molecule has 17 heteroatoms. The minimum atomic E-state index is -0.863. The first kappa shape index (κ1) is 50.1. The van der Waals surface area contributed by atoms with Gasteiger partial charge in [0.1, 0.15) is 23.3 Å². The smallest absolute Gasteiger partial charge is 0.303 e. The quantitative estimate of drug-likeness (QED) is 0.107. The first-order valence-corrected chi connectivity index (χ1v) is 21.4. The summed E-state index contributed by atoms with van der Waals surface area (Å²) in [4.78, 5) is 51.4. The number of fused-ring (bicyclic) bond motifs is 2. The molecule has 0 fully saturated rings. The summed E-state index contributed by atoms with van der Waals surface area (Å²) in [6.45, 7) is 4.25. The molecule has 0 atom stereocenters. The lowest BCUT2D eigenvalue weighted by atomic mass is 10.1. The highest BCUT2D eigenvalue weighted by Crippen LogP contribution is 2.32. The molecular weight excluding hydrogens is 907 g/mol. The molecule has 0 aliphatic rings. The average molecular weight is 953 g/mol. The Labute approximate surface area is 396 Å². The number of benzene rings is 4. The number of carbonyl (C=O) groups is 2. The number of carboxylic acid groups (broad SMARTS) is 1. The van der Waals surface area contributed by atoms with Crippen molar-refractivity contribution in [1.29, 1.82) is 0 Å². The second-order valence-electron chi connectivity index (χ2n) is 14.9. The average Bonchev–Trinajstić information content (AvgIpc) is 3.31.